The molecule has 0 bridgehead atoms. The average Bonchev–Trinajstić information content (AvgIpc) is 3.12. The topological polar surface area (TPSA) is 46.1 Å². The Labute approximate surface area is 142 Å². The van der Waals surface area contributed by atoms with Crippen molar-refractivity contribution in [3.63, 3.8) is 0 Å². The molecule has 1 aromatic carbocycles. The van der Waals surface area contributed by atoms with E-state index in [4.69, 9.17) is 4.98 Å². The highest BCUT2D eigenvalue weighted by Crippen LogP contribution is 2.42. The van der Waals surface area contributed by atoms with Crippen molar-refractivity contribution >= 4 is 5.91 Å². The number of rotatable bonds is 3. The van der Waals surface area contributed by atoms with E-state index in [0.29, 0.717) is 24.2 Å². The molecule has 2 aromatic rings. The molecule has 0 spiro atoms. The number of amides is 1. The minimum Gasteiger partial charge on any atom is -0.341 e. The number of benzene rings is 1. The number of fused-ring (bicyclic) bond motifs is 3. The maximum absolute atomic E-state index is 12.6. The SMILES string of the molecule is CC(C)c1ncc2c(n1)C[C@@H]1CN(C(=O)Cc3ccccc3)C[C@@H]21. The Hall–Kier alpha value is -2.23. The van der Waals surface area contributed by atoms with Gasteiger partial charge in [0.05, 0.1) is 6.42 Å². The summed E-state index contributed by atoms with van der Waals surface area (Å²) in [4.78, 5) is 23.9. The molecule has 0 N–H and O–H groups in total. The van der Waals surface area contributed by atoms with Gasteiger partial charge < -0.3 is 4.90 Å². The fourth-order valence-electron chi connectivity index (χ4n) is 3.96. The lowest BCUT2D eigenvalue weighted by Crippen LogP contribution is -2.31. The molecular weight excluding hydrogens is 298 g/mol. The highest BCUT2D eigenvalue weighted by Gasteiger charge is 2.42. The average molecular weight is 321 g/mol. The van der Waals surface area contributed by atoms with Gasteiger partial charge in [-0.3, -0.25) is 4.79 Å². The van der Waals surface area contributed by atoms with Crippen LogP contribution in [-0.4, -0.2) is 33.9 Å². The highest BCUT2D eigenvalue weighted by molar-refractivity contribution is 5.79. The van der Waals surface area contributed by atoms with Crippen LogP contribution in [0.1, 0.15) is 48.3 Å². The molecule has 1 aromatic heterocycles. The molecule has 4 nitrogen and oxygen atoms in total. The predicted octanol–water partition coefficient (Wildman–Crippen LogP) is 2.94. The molecule has 2 aliphatic rings. The molecule has 4 rings (SSSR count). The Balaban J connectivity index is 1.47. The van der Waals surface area contributed by atoms with Gasteiger partial charge in [-0.2, -0.15) is 0 Å². The van der Waals surface area contributed by atoms with E-state index in [-0.39, 0.29) is 5.91 Å². The first-order valence-electron chi connectivity index (χ1n) is 8.79. The maximum atomic E-state index is 12.6. The fraction of sp³-hybridized carbons (Fsp3) is 0.450. The van der Waals surface area contributed by atoms with Gasteiger partial charge in [-0.15, -0.1) is 0 Å². The molecule has 24 heavy (non-hydrogen) atoms. The predicted molar refractivity (Wildman–Crippen MR) is 92.8 cm³/mol. The molecule has 4 heteroatoms. The fourth-order valence-corrected chi connectivity index (χ4v) is 3.96. The normalized spacial score (nSPS) is 21.9. The van der Waals surface area contributed by atoms with E-state index in [1.54, 1.807) is 0 Å². The largest absolute Gasteiger partial charge is 0.341 e. The van der Waals surface area contributed by atoms with Crippen molar-refractivity contribution in [1.29, 1.82) is 0 Å². The molecule has 0 radical (unpaired) electrons. The summed E-state index contributed by atoms with van der Waals surface area (Å²) in [5.41, 5.74) is 3.56. The number of hydrogen-bond acceptors (Lipinski definition) is 3. The molecule has 1 amide bonds. The first kappa shape index (κ1) is 15.3. The van der Waals surface area contributed by atoms with Gasteiger partial charge in [0.15, 0.2) is 0 Å². The Kier molecular flexibility index (Phi) is 3.83. The van der Waals surface area contributed by atoms with Crippen molar-refractivity contribution in [2.45, 2.75) is 38.5 Å². The number of likely N-dealkylation sites (tertiary alicyclic amines) is 1. The Morgan fingerprint density at radius 2 is 2.04 bits per heavy atom. The summed E-state index contributed by atoms with van der Waals surface area (Å²) in [7, 11) is 0. The van der Waals surface area contributed by atoms with E-state index in [9.17, 15) is 4.79 Å². The molecule has 2 atom stereocenters. The highest BCUT2D eigenvalue weighted by atomic mass is 16.2. The van der Waals surface area contributed by atoms with Crippen LogP contribution in [0, 0.1) is 5.92 Å². The summed E-state index contributed by atoms with van der Waals surface area (Å²) in [5, 5.41) is 0. The molecule has 1 saturated heterocycles. The molecular formula is C20H23N3O. The zero-order valence-electron chi connectivity index (χ0n) is 14.3. The van der Waals surface area contributed by atoms with Crippen LogP contribution in [-0.2, 0) is 17.6 Å². The minimum atomic E-state index is 0.233. The molecule has 2 heterocycles. The molecule has 0 unspecified atom stereocenters. The number of carbonyl (C=O) groups excluding carboxylic acids is 1. The summed E-state index contributed by atoms with van der Waals surface area (Å²) < 4.78 is 0. The molecule has 1 aliphatic heterocycles. The van der Waals surface area contributed by atoms with Crippen molar-refractivity contribution in [2.24, 2.45) is 5.92 Å². The number of carbonyl (C=O) groups is 1. The second-order valence-corrected chi connectivity index (χ2v) is 7.32. The van der Waals surface area contributed by atoms with Crippen molar-refractivity contribution in [3.05, 3.63) is 59.2 Å². The van der Waals surface area contributed by atoms with Gasteiger partial charge in [0, 0.05) is 36.8 Å². The Morgan fingerprint density at radius 1 is 1.25 bits per heavy atom. The number of aromatic nitrogens is 2. The van der Waals surface area contributed by atoms with Gasteiger partial charge in [0.1, 0.15) is 5.82 Å². The van der Waals surface area contributed by atoms with Gasteiger partial charge in [-0.1, -0.05) is 44.2 Å². The summed E-state index contributed by atoms with van der Waals surface area (Å²) in [6.07, 6.45) is 3.49. The first-order chi connectivity index (χ1) is 11.6. The summed E-state index contributed by atoms with van der Waals surface area (Å²) in [6, 6.07) is 10.00. The molecule has 124 valence electrons. The van der Waals surface area contributed by atoms with Gasteiger partial charge in [0.25, 0.3) is 0 Å². The van der Waals surface area contributed by atoms with E-state index < -0.39 is 0 Å². The van der Waals surface area contributed by atoms with Crippen LogP contribution < -0.4 is 0 Å². The smallest absolute Gasteiger partial charge is 0.227 e. The second-order valence-electron chi connectivity index (χ2n) is 7.32. The Bertz CT molecular complexity index is 757. The van der Waals surface area contributed by atoms with Crippen LogP contribution in [0.5, 0.6) is 0 Å². The van der Waals surface area contributed by atoms with Crippen LogP contribution in [0.25, 0.3) is 0 Å². The summed E-state index contributed by atoms with van der Waals surface area (Å²) >= 11 is 0. The zero-order chi connectivity index (χ0) is 16.7. The molecule has 1 fully saturated rings. The Morgan fingerprint density at radius 3 is 2.79 bits per heavy atom. The lowest BCUT2D eigenvalue weighted by Gasteiger charge is -2.18. The number of nitrogens with zero attached hydrogens (tertiary/aromatic N) is 3. The van der Waals surface area contributed by atoms with E-state index >= 15 is 0 Å². The van der Waals surface area contributed by atoms with Gasteiger partial charge >= 0.3 is 0 Å². The van der Waals surface area contributed by atoms with Crippen molar-refractivity contribution in [1.82, 2.24) is 14.9 Å². The maximum Gasteiger partial charge on any atom is 0.227 e. The quantitative estimate of drug-likeness (QED) is 0.873. The minimum absolute atomic E-state index is 0.233. The summed E-state index contributed by atoms with van der Waals surface area (Å²) in [5.74, 6) is 2.46. The van der Waals surface area contributed by atoms with Crippen LogP contribution in [0.3, 0.4) is 0 Å². The number of hydrogen-bond donors (Lipinski definition) is 0. The third kappa shape index (κ3) is 2.70. The van der Waals surface area contributed by atoms with Gasteiger partial charge in [0.2, 0.25) is 5.91 Å². The second kappa shape index (κ2) is 6.00. The lowest BCUT2D eigenvalue weighted by atomic mass is 9.97. The van der Waals surface area contributed by atoms with Gasteiger partial charge in [-0.25, -0.2) is 9.97 Å². The van der Waals surface area contributed by atoms with E-state index in [1.165, 1.54) is 11.3 Å². The standard InChI is InChI=1S/C20H23N3O/c1-13(2)20-21-10-16-17-12-23(11-15(17)9-18(16)22-20)19(24)8-14-6-4-3-5-7-14/h3-7,10,13,15,17H,8-9,11-12H2,1-2H3/t15-,17-/m1/s1. The van der Waals surface area contributed by atoms with Crippen LogP contribution in [0.15, 0.2) is 36.5 Å². The van der Waals surface area contributed by atoms with Crippen LogP contribution in [0.2, 0.25) is 0 Å². The third-order valence-corrected chi connectivity index (χ3v) is 5.28. The van der Waals surface area contributed by atoms with Crippen molar-refractivity contribution < 1.29 is 4.79 Å². The van der Waals surface area contributed by atoms with Gasteiger partial charge in [-0.05, 0) is 23.5 Å². The van der Waals surface area contributed by atoms with E-state index in [0.717, 1.165) is 30.9 Å². The lowest BCUT2D eigenvalue weighted by molar-refractivity contribution is -0.129. The van der Waals surface area contributed by atoms with E-state index in [1.807, 2.05) is 41.4 Å². The van der Waals surface area contributed by atoms with Crippen LogP contribution in [0.4, 0.5) is 0 Å². The summed E-state index contributed by atoms with van der Waals surface area (Å²) in [6.45, 7) is 5.92. The monoisotopic (exact) mass is 321 g/mol. The van der Waals surface area contributed by atoms with E-state index in [2.05, 4.69) is 18.8 Å². The first-order valence-corrected chi connectivity index (χ1v) is 8.79. The zero-order valence-corrected chi connectivity index (χ0v) is 14.3. The molecule has 0 saturated carbocycles. The van der Waals surface area contributed by atoms with Crippen molar-refractivity contribution in [2.75, 3.05) is 13.1 Å². The van der Waals surface area contributed by atoms with Crippen LogP contribution >= 0.6 is 0 Å². The van der Waals surface area contributed by atoms with Crippen molar-refractivity contribution in [3.8, 4) is 0 Å². The molecule has 1 aliphatic carbocycles. The third-order valence-electron chi connectivity index (χ3n) is 5.28.